The Hall–Kier alpha value is -0.780. The summed E-state index contributed by atoms with van der Waals surface area (Å²) in [4.78, 5) is 2.58. The van der Waals surface area contributed by atoms with Crippen molar-refractivity contribution in [1.29, 1.82) is 0 Å². The highest BCUT2D eigenvalue weighted by molar-refractivity contribution is 7.10. The van der Waals surface area contributed by atoms with Gasteiger partial charge in [-0.3, -0.25) is 0 Å². The molecule has 0 fully saturated rings. The third kappa shape index (κ3) is 2.16. The summed E-state index contributed by atoms with van der Waals surface area (Å²) in [7, 11) is 1.98. The number of hydrogen-bond acceptors (Lipinski definition) is 5. The highest BCUT2D eigenvalue weighted by atomic mass is 32.1. The highest BCUT2D eigenvalue weighted by Crippen LogP contribution is 2.29. The van der Waals surface area contributed by atoms with Crippen molar-refractivity contribution in [2.75, 3.05) is 7.05 Å². The number of rotatable bonds is 4. The zero-order valence-corrected chi connectivity index (χ0v) is 11.3. The van der Waals surface area contributed by atoms with E-state index in [2.05, 4.69) is 40.2 Å². The Kier molecular flexibility index (Phi) is 3.68. The number of nitrogens with one attached hydrogen (secondary N) is 1. The molecule has 0 aromatic carbocycles. The molecular formula is C11H15N3S2. The molecule has 0 radical (unpaired) electrons. The highest BCUT2D eigenvalue weighted by Gasteiger charge is 2.19. The van der Waals surface area contributed by atoms with Crippen LogP contribution in [0.1, 0.15) is 34.0 Å². The summed E-state index contributed by atoms with van der Waals surface area (Å²) in [5.74, 6) is 0. The molecule has 2 rings (SSSR count). The van der Waals surface area contributed by atoms with Gasteiger partial charge in [0.25, 0.3) is 0 Å². The molecule has 0 spiro atoms. The molecule has 0 amide bonds. The molecule has 86 valence electrons. The van der Waals surface area contributed by atoms with Crippen molar-refractivity contribution in [1.82, 2.24) is 14.9 Å². The van der Waals surface area contributed by atoms with Crippen LogP contribution < -0.4 is 5.32 Å². The Balaban J connectivity index is 2.36. The first-order valence-corrected chi connectivity index (χ1v) is 6.95. The summed E-state index contributed by atoms with van der Waals surface area (Å²) in [6.45, 7) is 4.25. The lowest BCUT2D eigenvalue weighted by molar-refractivity contribution is 0.695. The maximum absolute atomic E-state index is 4.17. The van der Waals surface area contributed by atoms with Crippen molar-refractivity contribution >= 4 is 22.9 Å². The molecule has 0 saturated carbocycles. The van der Waals surface area contributed by atoms with E-state index in [1.807, 2.05) is 7.05 Å². The molecule has 2 aromatic heterocycles. The van der Waals surface area contributed by atoms with Crippen molar-refractivity contribution in [2.45, 2.75) is 26.3 Å². The van der Waals surface area contributed by atoms with E-state index in [1.165, 1.54) is 26.9 Å². The fourth-order valence-corrected chi connectivity index (χ4v) is 3.35. The van der Waals surface area contributed by atoms with Crippen LogP contribution >= 0.6 is 22.9 Å². The fraction of sp³-hybridized carbons (Fsp3) is 0.455. The fourth-order valence-electron chi connectivity index (χ4n) is 1.74. The predicted molar refractivity (Wildman–Crippen MR) is 69.2 cm³/mol. The molecular weight excluding hydrogens is 238 g/mol. The van der Waals surface area contributed by atoms with E-state index >= 15 is 0 Å². The van der Waals surface area contributed by atoms with Crippen molar-refractivity contribution < 1.29 is 0 Å². The van der Waals surface area contributed by atoms with Crippen LogP contribution in [0.2, 0.25) is 0 Å². The molecule has 3 nitrogen and oxygen atoms in total. The second-order valence-electron chi connectivity index (χ2n) is 3.65. The second-order valence-corrected chi connectivity index (χ2v) is 5.55. The summed E-state index contributed by atoms with van der Waals surface area (Å²) in [6, 6.07) is 2.46. The van der Waals surface area contributed by atoms with Crippen LogP contribution in [0.25, 0.3) is 0 Å². The van der Waals surface area contributed by atoms with Crippen LogP contribution in [0.3, 0.4) is 0 Å². The molecule has 2 heterocycles. The zero-order chi connectivity index (χ0) is 11.5. The Morgan fingerprint density at radius 1 is 1.50 bits per heavy atom. The summed E-state index contributed by atoms with van der Waals surface area (Å²) in [5.41, 5.74) is 2.42. The van der Waals surface area contributed by atoms with E-state index in [0.717, 1.165) is 12.1 Å². The number of aryl methyl sites for hydroxylation is 2. The first-order valence-electron chi connectivity index (χ1n) is 5.29. The van der Waals surface area contributed by atoms with Gasteiger partial charge in [0, 0.05) is 4.88 Å². The summed E-state index contributed by atoms with van der Waals surface area (Å²) in [5, 5.41) is 9.72. The molecule has 1 atom stereocenters. The summed E-state index contributed by atoms with van der Waals surface area (Å²) in [6.07, 6.45) is 0.938. The molecule has 1 N–H and O–H groups in total. The first-order chi connectivity index (χ1) is 7.76. The normalized spacial score (nSPS) is 12.9. The van der Waals surface area contributed by atoms with Crippen LogP contribution in [0.4, 0.5) is 0 Å². The molecule has 0 bridgehead atoms. The van der Waals surface area contributed by atoms with Crippen molar-refractivity contribution in [2.24, 2.45) is 0 Å². The molecule has 1 unspecified atom stereocenters. The van der Waals surface area contributed by atoms with Gasteiger partial charge in [0.05, 0.1) is 16.6 Å². The largest absolute Gasteiger partial charge is 0.309 e. The van der Waals surface area contributed by atoms with Gasteiger partial charge in [-0.05, 0) is 48.9 Å². The smallest absolute Gasteiger partial charge is 0.0804 e. The minimum Gasteiger partial charge on any atom is -0.309 e. The van der Waals surface area contributed by atoms with E-state index in [0.29, 0.717) is 0 Å². The molecule has 16 heavy (non-hydrogen) atoms. The van der Waals surface area contributed by atoms with Gasteiger partial charge in [0.1, 0.15) is 0 Å². The predicted octanol–water partition coefficient (Wildman–Crippen LogP) is 2.78. The molecule has 0 aliphatic carbocycles. The van der Waals surface area contributed by atoms with Crippen LogP contribution in [-0.4, -0.2) is 16.6 Å². The second kappa shape index (κ2) is 5.03. The maximum Gasteiger partial charge on any atom is 0.0804 e. The lowest BCUT2D eigenvalue weighted by Crippen LogP contribution is -2.17. The lowest BCUT2D eigenvalue weighted by Gasteiger charge is -2.13. The third-order valence-electron chi connectivity index (χ3n) is 2.56. The van der Waals surface area contributed by atoms with Crippen molar-refractivity contribution in [3.05, 3.63) is 32.5 Å². The SMILES string of the molecule is CCc1nnsc1C(NC)c1csc(C)c1. The number of aromatic nitrogens is 2. The van der Waals surface area contributed by atoms with Gasteiger partial charge in [-0.15, -0.1) is 16.4 Å². The maximum atomic E-state index is 4.17. The Morgan fingerprint density at radius 2 is 2.31 bits per heavy atom. The first kappa shape index (κ1) is 11.7. The third-order valence-corrected chi connectivity index (χ3v) is 4.27. The van der Waals surface area contributed by atoms with Gasteiger partial charge in [0.2, 0.25) is 0 Å². The van der Waals surface area contributed by atoms with Crippen LogP contribution in [0, 0.1) is 6.92 Å². The zero-order valence-electron chi connectivity index (χ0n) is 9.65. The molecule has 0 aliphatic rings. The van der Waals surface area contributed by atoms with Gasteiger partial charge in [-0.1, -0.05) is 11.4 Å². The molecule has 2 aromatic rings. The van der Waals surface area contributed by atoms with E-state index in [4.69, 9.17) is 0 Å². The average molecular weight is 253 g/mol. The minimum atomic E-state index is 0.236. The number of nitrogens with zero attached hydrogens (tertiary/aromatic N) is 2. The van der Waals surface area contributed by atoms with Gasteiger partial charge in [0.15, 0.2) is 0 Å². The van der Waals surface area contributed by atoms with E-state index in [-0.39, 0.29) is 6.04 Å². The molecule has 5 heteroatoms. The van der Waals surface area contributed by atoms with Crippen LogP contribution in [-0.2, 0) is 6.42 Å². The van der Waals surface area contributed by atoms with Gasteiger partial charge in [-0.2, -0.15) is 0 Å². The van der Waals surface area contributed by atoms with Gasteiger partial charge >= 0.3 is 0 Å². The van der Waals surface area contributed by atoms with E-state index in [9.17, 15) is 0 Å². The summed E-state index contributed by atoms with van der Waals surface area (Å²) >= 11 is 3.27. The van der Waals surface area contributed by atoms with Crippen LogP contribution in [0.5, 0.6) is 0 Å². The van der Waals surface area contributed by atoms with Gasteiger partial charge in [-0.25, -0.2) is 0 Å². The van der Waals surface area contributed by atoms with Gasteiger partial charge < -0.3 is 5.32 Å². The standard InChI is InChI=1S/C11H15N3S2/c1-4-9-11(16-14-13-9)10(12-3)8-5-7(2)15-6-8/h5-6,10,12H,4H2,1-3H3. The molecule has 0 aliphatic heterocycles. The van der Waals surface area contributed by atoms with Crippen molar-refractivity contribution in [3.63, 3.8) is 0 Å². The quantitative estimate of drug-likeness (QED) is 0.910. The van der Waals surface area contributed by atoms with Crippen molar-refractivity contribution in [3.8, 4) is 0 Å². The topological polar surface area (TPSA) is 37.8 Å². The Labute approximate surface area is 104 Å². The summed E-state index contributed by atoms with van der Waals surface area (Å²) < 4.78 is 4.05. The average Bonchev–Trinajstić information content (AvgIpc) is 2.89. The van der Waals surface area contributed by atoms with Crippen LogP contribution in [0.15, 0.2) is 11.4 Å². The number of hydrogen-bond donors (Lipinski definition) is 1. The minimum absolute atomic E-state index is 0.236. The van der Waals surface area contributed by atoms with E-state index in [1.54, 1.807) is 11.3 Å². The monoisotopic (exact) mass is 253 g/mol. The Morgan fingerprint density at radius 3 is 2.88 bits per heavy atom. The lowest BCUT2D eigenvalue weighted by atomic mass is 10.1. The Bertz CT molecular complexity index is 461. The molecule has 0 saturated heterocycles. The van der Waals surface area contributed by atoms with E-state index < -0.39 is 0 Å². The number of thiophene rings is 1.